The first-order valence-electron chi connectivity index (χ1n) is 11.1. The number of anilines is 1. The average molecular weight is 484 g/mol. The maximum absolute atomic E-state index is 13.4. The van der Waals surface area contributed by atoms with Gasteiger partial charge in [0.2, 0.25) is 0 Å². The number of ether oxygens (including phenoxy) is 1. The van der Waals surface area contributed by atoms with Crippen LogP contribution < -0.4 is 9.64 Å². The van der Waals surface area contributed by atoms with E-state index in [1.807, 2.05) is 67.6 Å². The monoisotopic (exact) mass is 483 g/mol. The number of amides is 1. The Labute approximate surface area is 207 Å². The van der Waals surface area contributed by atoms with Gasteiger partial charge in [-0.05, 0) is 53.1 Å². The number of aryl methyl sites for hydroxylation is 1. The number of carbonyl (C=O) groups is 2. The first-order valence-corrected chi connectivity index (χ1v) is 11.5. The first-order chi connectivity index (χ1) is 16.9. The lowest BCUT2D eigenvalue weighted by molar-refractivity contribution is -0.132. The van der Waals surface area contributed by atoms with Gasteiger partial charge in [0.1, 0.15) is 11.5 Å². The highest BCUT2D eigenvalue weighted by atomic mass is 35.5. The molecule has 1 aliphatic rings. The SMILES string of the molecule is COc1ccc(N2C(=O)C(=O)/C(=C(/O)c3ccc4ccccc4c3)C2c2ccccc2C)cc1Cl. The summed E-state index contributed by atoms with van der Waals surface area (Å²) in [6.45, 7) is 1.91. The molecule has 1 N–H and O–H groups in total. The van der Waals surface area contributed by atoms with Gasteiger partial charge in [-0.15, -0.1) is 0 Å². The number of fused-ring (bicyclic) bond motifs is 1. The molecule has 5 nitrogen and oxygen atoms in total. The number of aliphatic hydroxyl groups excluding tert-OH is 1. The van der Waals surface area contributed by atoms with Crippen molar-refractivity contribution in [1.29, 1.82) is 0 Å². The molecule has 1 unspecified atom stereocenters. The second-order valence-electron chi connectivity index (χ2n) is 8.41. The van der Waals surface area contributed by atoms with Gasteiger partial charge in [0, 0.05) is 11.3 Å². The van der Waals surface area contributed by atoms with E-state index in [-0.39, 0.29) is 11.3 Å². The molecule has 0 aromatic heterocycles. The number of Topliss-reactive ketones (excluding diaryl/α,β-unsaturated/α-hetero) is 1. The van der Waals surface area contributed by atoms with E-state index in [2.05, 4.69) is 0 Å². The van der Waals surface area contributed by atoms with Crippen molar-refractivity contribution in [2.24, 2.45) is 0 Å². The molecule has 0 aliphatic carbocycles. The maximum atomic E-state index is 13.4. The number of hydrogen-bond acceptors (Lipinski definition) is 4. The van der Waals surface area contributed by atoms with Gasteiger partial charge in [0.25, 0.3) is 11.7 Å². The lowest BCUT2D eigenvalue weighted by atomic mass is 9.92. The highest BCUT2D eigenvalue weighted by Gasteiger charge is 2.47. The second kappa shape index (κ2) is 8.93. The van der Waals surface area contributed by atoms with E-state index in [0.29, 0.717) is 22.0 Å². The number of carbonyl (C=O) groups excluding carboxylic acids is 2. The minimum Gasteiger partial charge on any atom is -0.507 e. The summed E-state index contributed by atoms with van der Waals surface area (Å²) in [7, 11) is 1.50. The Balaban J connectivity index is 1.74. The fourth-order valence-corrected chi connectivity index (χ4v) is 4.84. The van der Waals surface area contributed by atoms with Crippen LogP contribution in [0.5, 0.6) is 5.75 Å². The molecule has 0 spiro atoms. The van der Waals surface area contributed by atoms with E-state index >= 15 is 0 Å². The Hall–Kier alpha value is -4.09. The fraction of sp³-hybridized carbons (Fsp3) is 0.103. The maximum Gasteiger partial charge on any atom is 0.300 e. The predicted molar refractivity (Wildman–Crippen MR) is 138 cm³/mol. The van der Waals surface area contributed by atoms with Gasteiger partial charge in [-0.1, -0.05) is 72.3 Å². The Morgan fingerprint density at radius 3 is 2.34 bits per heavy atom. The number of nitrogens with zero attached hydrogens (tertiary/aromatic N) is 1. The van der Waals surface area contributed by atoms with Crippen LogP contribution >= 0.6 is 11.6 Å². The van der Waals surface area contributed by atoms with E-state index in [1.165, 1.54) is 12.0 Å². The third-order valence-corrected chi connectivity index (χ3v) is 6.66. The van der Waals surface area contributed by atoms with E-state index < -0.39 is 17.7 Å². The molecule has 6 heteroatoms. The van der Waals surface area contributed by atoms with Gasteiger partial charge in [0.05, 0.1) is 23.7 Å². The molecule has 0 bridgehead atoms. The molecular weight excluding hydrogens is 462 g/mol. The van der Waals surface area contributed by atoms with Gasteiger partial charge in [-0.3, -0.25) is 14.5 Å². The summed E-state index contributed by atoms with van der Waals surface area (Å²) in [6, 6.07) is 24.8. The smallest absolute Gasteiger partial charge is 0.300 e. The molecule has 1 aliphatic heterocycles. The molecule has 4 aromatic rings. The summed E-state index contributed by atoms with van der Waals surface area (Å²) in [4.78, 5) is 28.2. The van der Waals surface area contributed by atoms with Gasteiger partial charge >= 0.3 is 0 Å². The van der Waals surface area contributed by atoms with Crippen LogP contribution in [0.25, 0.3) is 16.5 Å². The average Bonchev–Trinajstić information content (AvgIpc) is 3.13. The highest BCUT2D eigenvalue weighted by Crippen LogP contribution is 2.44. The Kier molecular flexibility index (Phi) is 5.79. The van der Waals surface area contributed by atoms with Crippen LogP contribution in [0.15, 0.2) is 90.5 Å². The standard InChI is InChI=1S/C29H22ClNO4/c1-17-7-3-6-10-22(17)26-25(27(32)20-12-11-18-8-4-5-9-19(18)15-20)28(33)29(34)31(26)21-13-14-24(35-2)23(30)16-21/h3-16,26,32H,1-2H3/b27-25+. The van der Waals surface area contributed by atoms with Crippen molar-refractivity contribution in [1.82, 2.24) is 0 Å². The summed E-state index contributed by atoms with van der Waals surface area (Å²) in [6.07, 6.45) is 0. The minimum absolute atomic E-state index is 0.0338. The molecule has 1 saturated heterocycles. The van der Waals surface area contributed by atoms with Crippen molar-refractivity contribution >= 4 is 45.5 Å². The number of rotatable bonds is 4. The normalized spacial score (nSPS) is 17.2. The molecule has 1 fully saturated rings. The van der Waals surface area contributed by atoms with E-state index in [0.717, 1.165) is 21.9 Å². The van der Waals surface area contributed by atoms with Gasteiger partial charge in [0.15, 0.2) is 0 Å². The van der Waals surface area contributed by atoms with E-state index in [9.17, 15) is 14.7 Å². The lowest BCUT2D eigenvalue weighted by Gasteiger charge is -2.27. The zero-order valence-corrected chi connectivity index (χ0v) is 19.9. The molecule has 1 amide bonds. The Morgan fingerprint density at radius 2 is 1.63 bits per heavy atom. The third kappa shape index (κ3) is 3.84. The molecule has 174 valence electrons. The van der Waals surface area contributed by atoms with Crippen molar-refractivity contribution in [3.8, 4) is 5.75 Å². The topological polar surface area (TPSA) is 66.8 Å². The van der Waals surface area contributed by atoms with Gasteiger partial charge in [-0.2, -0.15) is 0 Å². The number of aliphatic hydroxyl groups is 1. The summed E-state index contributed by atoms with van der Waals surface area (Å²) < 4.78 is 5.24. The van der Waals surface area contributed by atoms with E-state index in [1.54, 1.807) is 24.3 Å². The van der Waals surface area contributed by atoms with Crippen LogP contribution in [-0.2, 0) is 9.59 Å². The number of ketones is 1. The van der Waals surface area contributed by atoms with Gasteiger partial charge in [-0.25, -0.2) is 0 Å². The molecule has 1 atom stereocenters. The van der Waals surface area contributed by atoms with Crippen LogP contribution in [0, 0.1) is 6.92 Å². The van der Waals surface area contributed by atoms with E-state index in [4.69, 9.17) is 16.3 Å². The van der Waals surface area contributed by atoms with Crippen LogP contribution in [0.3, 0.4) is 0 Å². The van der Waals surface area contributed by atoms with Crippen molar-refractivity contribution < 1.29 is 19.4 Å². The predicted octanol–water partition coefficient (Wildman–Crippen LogP) is 6.44. The van der Waals surface area contributed by atoms with Crippen molar-refractivity contribution in [2.45, 2.75) is 13.0 Å². The van der Waals surface area contributed by atoms with Crippen LogP contribution in [0.1, 0.15) is 22.7 Å². The van der Waals surface area contributed by atoms with Crippen molar-refractivity contribution in [3.63, 3.8) is 0 Å². The quantitative estimate of drug-likeness (QED) is 0.206. The molecule has 5 rings (SSSR count). The van der Waals surface area contributed by atoms with Crippen molar-refractivity contribution in [3.05, 3.63) is 112 Å². The highest BCUT2D eigenvalue weighted by molar-refractivity contribution is 6.52. The fourth-order valence-electron chi connectivity index (χ4n) is 4.58. The van der Waals surface area contributed by atoms with Crippen LogP contribution in [-0.4, -0.2) is 23.9 Å². The largest absolute Gasteiger partial charge is 0.507 e. The Bertz CT molecular complexity index is 1520. The molecule has 0 radical (unpaired) electrons. The molecule has 35 heavy (non-hydrogen) atoms. The summed E-state index contributed by atoms with van der Waals surface area (Å²) in [5.41, 5.74) is 2.55. The summed E-state index contributed by atoms with van der Waals surface area (Å²) in [5.74, 6) is -1.25. The summed E-state index contributed by atoms with van der Waals surface area (Å²) >= 11 is 6.36. The van der Waals surface area contributed by atoms with Gasteiger partial charge < -0.3 is 9.84 Å². The number of methoxy groups -OCH3 is 1. The first kappa shape index (κ1) is 22.7. The molecular formula is C29H22ClNO4. The third-order valence-electron chi connectivity index (χ3n) is 6.36. The molecule has 4 aromatic carbocycles. The lowest BCUT2D eigenvalue weighted by Crippen LogP contribution is -2.29. The molecule has 1 heterocycles. The Morgan fingerprint density at radius 1 is 0.914 bits per heavy atom. The second-order valence-corrected chi connectivity index (χ2v) is 8.81. The molecule has 0 saturated carbocycles. The zero-order chi connectivity index (χ0) is 24.7. The van der Waals surface area contributed by atoms with Crippen molar-refractivity contribution in [2.75, 3.05) is 12.0 Å². The zero-order valence-electron chi connectivity index (χ0n) is 19.2. The number of halogens is 1. The van der Waals surface area contributed by atoms with Crippen LogP contribution in [0.4, 0.5) is 5.69 Å². The minimum atomic E-state index is -0.827. The number of hydrogen-bond donors (Lipinski definition) is 1. The number of benzene rings is 4. The van der Waals surface area contributed by atoms with Crippen LogP contribution in [0.2, 0.25) is 5.02 Å². The summed E-state index contributed by atoms with van der Waals surface area (Å²) in [5, 5.41) is 13.7.